The standard InChI is InChI=1S/C23H19N5O4/c1-3-11-25-23(29)17(14-24)12-18-15-27(19-7-5-4-6-8-19)26-22(18)16-9-10-21(32-2)20(13-16)28(30)31/h3-10,12-13,15H,1,11H2,2H3,(H,25,29)/b17-12+. The van der Waals surface area contributed by atoms with Crippen molar-refractivity contribution in [3.05, 3.63) is 88.6 Å². The number of hydrogen-bond acceptors (Lipinski definition) is 6. The van der Waals surface area contributed by atoms with E-state index in [0.717, 1.165) is 5.69 Å². The predicted octanol–water partition coefficient (Wildman–Crippen LogP) is 3.67. The van der Waals surface area contributed by atoms with Gasteiger partial charge in [0.25, 0.3) is 5.91 Å². The summed E-state index contributed by atoms with van der Waals surface area (Å²) in [5, 5.41) is 28.1. The first-order valence-corrected chi connectivity index (χ1v) is 9.47. The number of methoxy groups -OCH3 is 1. The van der Waals surface area contributed by atoms with Crippen LogP contribution in [0.25, 0.3) is 23.0 Å². The Bertz CT molecular complexity index is 1240. The van der Waals surface area contributed by atoms with E-state index in [2.05, 4.69) is 17.0 Å². The number of rotatable bonds is 8. The minimum absolute atomic E-state index is 0.111. The van der Waals surface area contributed by atoms with Gasteiger partial charge in [-0.05, 0) is 30.3 Å². The fraction of sp³-hybridized carbons (Fsp3) is 0.0870. The van der Waals surface area contributed by atoms with E-state index in [4.69, 9.17) is 4.74 Å². The van der Waals surface area contributed by atoms with Crippen molar-refractivity contribution in [3.63, 3.8) is 0 Å². The maximum absolute atomic E-state index is 12.3. The van der Waals surface area contributed by atoms with Gasteiger partial charge in [-0.3, -0.25) is 14.9 Å². The number of ether oxygens (including phenoxy) is 1. The second-order valence-electron chi connectivity index (χ2n) is 6.53. The van der Waals surface area contributed by atoms with Crippen LogP contribution in [0, 0.1) is 21.4 Å². The second-order valence-corrected chi connectivity index (χ2v) is 6.53. The van der Waals surface area contributed by atoms with E-state index in [1.54, 1.807) is 16.9 Å². The maximum Gasteiger partial charge on any atom is 0.311 e. The molecule has 0 unspecified atom stereocenters. The summed E-state index contributed by atoms with van der Waals surface area (Å²) in [7, 11) is 1.35. The summed E-state index contributed by atoms with van der Waals surface area (Å²) in [6.07, 6.45) is 4.55. The Labute approximate surface area is 184 Å². The summed E-state index contributed by atoms with van der Waals surface area (Å²) in [4.78, 5) is 23.2. The molecule has 9 heteroatoms. The monoisotopic (exact) mass is 429 g/mol. The molecule has 1 N–H and O–H groups in total. The van der Waals surface area contributed by atoms with Gasteiger partial charge in [0.2, 0.25) is 0 Å². The lowest BCUT2D eigenvalue weighted by Gasteiger charge is -2.05. The van der Waals surface area contributed by atoms with Crippen LogP contribution in [0.15, 0.2) is 73.0 Å². The molecule has 3 aromatic rings. The molecule has 160 valence electrons. The molecule has 0 aliphatic rings. The number of benzene rings is 2. The van der Waals surface area contributed by atoms with E-state index in [1.165, 1.54) is 31.4 Å². The number of aromatic nitrogens is 2. The summed E-state index contributed by atoms with van der Waals surface area (Å²) in [5.41, 5.74) is 1.62. The molecule has 32 heavy (non-hydrogen) atoms. The molecular formula is C23H19N5O4. The summed E-state index contributed by atoms with van der Waals surface area (Å²) in [5.74, 6) is -0.452. The van der Waals surface area contributed by atoms with Gasteiger partial charge in [0, 0.05) is 29.9 Å². The largest absolute Gasteiger partial charge is 0.490 e. The first-order valence-electron chi connectivity index (χ1n) is 9.47. The predicted molar refractivity (Wildman–Crippen MR) is 119 cm³/mol. The zero-order valence-electron chi connectivity index (χ0n) is 17.2. The van der Waals surface area contributed by atoms with Gasteiger partial charge in [-0.2, -0.15) is 10.4 Å². The molecule has 0 radical (unpaired) electrons. The van der Waals surface area contributed by atoms with Crippen molar-refractivity contribution in [2.75, 3.05) is 13.7 Å². The van der Waals surface area contributed by atoms with Crippen molar-refractivity contribution < 1.29 is 14.5 Å². The van der Waals surface area contributed by atoms with E-state index in [9.17, 15) is 20.2 Å². The highest BCUT2D eigenvalue weighted by atomic mass is 16.6. The number of nitriles is 1. The zero-order valence-corrected chi connectivity index (χ0v) is 17.2. The summed E-state index contributed by atoms with van der Waals surface area (Å²) >= 11 is 0. The van der Waals surface area contributed by atoms with Crippen LogP contribution in [0.4, 0.5) is 5.69 Å². The molecule has 2 aromatic carbocycles. The van der Waals surface area contributed by atoms with E-state index in [0.29, 0.717) is 16.8 Å². The van der Waals surface area contributed by atoms with Crippen molar-refractivity contribution in [1.29, 1.82) is 5.26 Å². The summed E-state index contributed by atoms with van der Waals surface area (Å²) in [6.45, 7) is 3.74. The number of nitrogens with zero attached hydrogens (tertiary/aromatic N) is 4. The Kier molecular flexibility index (Phi) is 6.78. The first kappa shape index (κ1) is 22.0. The minimum atomic E-state index is -0.563. The number of para-hydroxylation sites is 1. The van der Waals surface area contributed by atoms with Crippen LogP contribution in [-0.2, 0) is 4.79 Å². The molecular weight excluding hydrogens is 410 g/mol. The Morgan fingerprint density at radius 1 is 1.34 bits per heavy atom. The van der Waals surface area contributed by atoms with Crippen molar-refractivity contribution in [3.8, 4) is 28.8 Å². The lowest BCUT2D eigenvalue weighted by Crippen LogP contribution is -2.24. The fourth-order valence-corrected chi connectivity index (χ4v) is 2.97. The molecule has 1 aromatic heterocycles. The SMILES string of the molecule is C=CCNC(=O)/C(C#N)=C/c1cn(-c2ccccc2)nc1-c1ccc(OC)c([N+](=O)[O-])c1. The number of hydrogen-bond donors (Lipinski definition) is 1. The molecule has 0 saturated heterocycles. The third-order valence-corrected chi connectivity index (χ3v) is 4.48. The van der Waals surface area contributed by atoms with Crippen LogP contribution >= 0.6 is 0 Å². The van der Waals surface area contributed by atoms with Crippen molar-refractivity contribution in [1.82, 2.24) is 15.1 Å². The first-order chi connectivity index (χ1) is 15.5. The lowest BCUT2D eigenvalue weighted by atomic mass is 10.0. The summed E-state index contributed by atoms with van der Waals surface area (Å²) in [6, 6.07) is 15.6. The number of amides is 1. The summed E-state index contributed by atoms with van der Waals surface area (Å²) < 4.78 is 6.65. The fourth-order valence-electron chi connectivity index (χ4n) is 2.97. The Morgan fingerprint density at radius 3 is 2.72 bits per heavy atom. The van der Waals surface area contributed by atoms with Crippen LogP contribution in [0.2, 0.25) is 0 Å². The molecule has 1 amide bonds. The van der Waals surface area contributed by atoms with Gasteiger partial charge in [-0.1, -0.05) is 24.3 Å². The van der Waals surface area contributed by atoms with Crippen LogP contribution in [0.3, 0.4) is 0 Å². The van der Waals surface area contributed by atoms with Crippen LogP contribution in [-0.4, -0.2) is 34.3 Å². The molecule has 1 heterocycles. The number of nitro groups is 1. The van der Waals surface area contributed by atoms with Gasteiger partial charge in [-0.25, -0.2) is 4.68 Å². The molecule has 0 spiro atoms. The van der Waals surface area contributed by atoms with Crippen molar-refractivity contribution in [2.45, 2.75) is 0 Å². The average molecular weight is 429 g/mol. The third-order valence-electron chi connectivity index (χ3n) is 4.48. The molecule has 0 aliphatic heterocycles. The molecule has 0 aliphatic carbocycles. The van der Waals surface area contributed by atoms with Crippen LogP contribution in [0.5, 0.6) is 5.75 Å². The van der Waals surface area contributed by atoms with E-state index < -0.39 is 10.8 Å². The van der Waals surface area contributed by atoms with Gasteiger partial charge in [0.15, 0.2) is 5.75 Å². The van der Waals surface area contributed by atoms with Gasteiger partial charge in [0.05, 0.1) is 17.7 Å². The topological polar surface area (TPSA) is 123 Å². The van der Waals surface area contributed by atoms with Crippen LogP contribution in [0.1, 0.15) is 5.56 Å². The van der Waals surface area contributed by atoms with Gasteiger partial charge >= 0.3 is 5.69 Å². The van der Waals surface area contributed by atoms with Gasteiger partial charge in [-0.15, -0.1) is 6.58 Å². The van der Waals surface area contributed by atoms with Crippen LogP contribution < -0.4 is 10.1 Å². The van der Waals surface area contributed by atoms with Gasteiger partial charge in [0.1, 0.15) is 17.3 Å². The van der Waals surface area contributed by atoms with Crippen molar-refractivity contribution in [2.24, 2.45) is 0 Å². The zero-order chi connectivity index (χ0) is 23.1. The number of nitro benzene ring substituents is 1. The molecule has 9 nitrogen and oxygen atoms in total. The van der Waals surface area contributed by atoms with E-state index in [1.807, 2.05) is 36.4 Å². The number of carbonyl (C=O) groups is 1. The normalized spacial score (nSPS) is 10.8. The Hall–Kier alpha value is -4.71. The molecule has 0 saturated carbocycles. The van der Waals surface area contributed by atoms with E-state index >= 15 is 0 Å². The minimum Gasteiger partial charge on any atom is -0.490 e. The van der Waals surface area contributed by atoms with Gasteiger partial charge < -0.3 is 10.1 Å². The quantitative estimate of drug-likeness (QED) is 0.192. The average Bonchev–Trinajstić information content (AvgIpc) is 3.24. The highest BCUT2D eigenvalue weighted by molar-refractivity contribution is 6.02. The third kappa shape index (κ3) is 4.71. The molecule has 0 atom stereocenters. The Morgan fingerprint density at radius 2 is 2.09 bits per heavy atom. The lowest BCUT2D eigenvalue weighted by molar-refractivity contribution is -0.385. The highest BCUT2D eigenvalue weighted by Crippen LogP contribution is 2.34. The molecule has 0 fully saturated rings. The second kappa shape index (κ2) is 9.86. The molecule has 3 rings (SSSR count). The van der Waals surface area contributed by atoms with Crippen molar-refractivity contribution >= 4 is 17.7 Å². The Balaban J connectivity index is 2.18. The maximum atomic E-state index is 12.3. The number of nitrogens with one attached hydrogen (secondary N) is 1. The number of carbonyl (C=O) groups excluding carboxylic acids is 1. The smallest absolute Gasteiger partial charge is 0.311 e. The molecule has 0 bridgehead atoms. The highest BCUT2D eigenvalue weighted by Gasteiger charge is 2.20. The van der Waals surface area contributed by atoms with E-state index in [-0.39, 0.29) is 23.6 Å².